The lowest BCUT2D eigenvalue weighted by molar-refractivity contribution is -0.155. The van der Waals surface area contributed by atoms with Crippen LogP contribution in [0, 0.1) is 0 Å². The molecule has 0 aromatic heterocycles. The Morgan fingerprint density at radius 1 is 0.434 bits per heavy atom. The van der Waals surface area contributed by atoms with Crippen molar-refractivity contribution in [3.8, 4) is 0 Å². The predicted octanol–water partition coefficient (Wildman–Crippen LogP) is -1.82. The van der Waals surface area contributed by atoms with Gasteiger partial charge in [0.1, 0.15) is 12.1 Å². The second kappa shape index (κ2) is 27.4. The second-order valence-corrected chi connectivity index (χ2v) is 11.5. The van der Waals surface area contributed by atoms with Gasteiger partial charge < -0.3 is 50.8 Å². The normalized spacial score (nSPS) is 12.6. The number of carbonyl (C=O) groups is 10. The first-order valence-electron chi connectivity index (χ1n) is 17.6. The summed E-state index contributed by atoms with van der Waals surface area (Å²) in [6.45, 7) is 9.52. The molecule has 300 valence electrons. The van der Waals surface area contributed by atoms with Gasteiger partial charge in [0.2, 0.25) is 11.8 Å². The third-order valence-corrected chi connectivity index (χ3v) is 6.98. The van der Waals surface area contributed by atoms with Crippen LogP contribution in [-0.2, 0) is 66.9 Å². The Morgan fingerprint density at radius 2 is 0.736 bits per heavy atom. The van der Waals surface area contributed by atoms with E-state index in [0.29, 0.717) is 25.7 Å². The van der Waals surface area contributed by atoms with Crippen LogP contribution in [-0.4, -0.2) is 123 Å². The number of carbonyl (C=O) groups excluding carboxylic acids is 10. The molecule has 6 N–H and O–H groups in total. The summed E-state index contributed by atoms with van der Waals surface area (Å²) < 4.78 is 18.6. The van der Waals surface area contributed by atoms with Gasteiger partial charge in [-0.15, -0.1) is 0 Å². The first-order chi connectivity index (χ1) is 25.1. The molecule has 0 fully saturated rings. The maximum atomic E-state index is 13.2. The Balaban J connectivity index is 5.35. The van der Waals surface area contributed by atoms with Gasteiger partial charge in [0.25, 0.3) is 0 Å². The number of esters is 4. The fourth-order valence-corrected chi connectivity index (χ4v) is 4.59. The smallest absolute Gasteiger partial charge is 0.396 e. The molecule has 0 saturated heterocycles. The molecule has 4 atom stereocenters. The fraction of sp³-hybridized carbons (Fsp3) is 0.697. The van der Waals surface area contributed by atoms with Crippen molar-refractivity contribution in [2.45, 2.75) is 111 Å². The van der Waals surface area contributed by atoms with Gasteiger partial charge in [-0.2, -0.15) is 0 Å². The SMILES string of the molecule is CCOC(=O)C(=O)NCCCC[C@H](NC(=O)C(=O)OCC)C(=O)NC(C)CC(C)NC(=O)[C@H](CCCCNC(=O)C(=O)OCC)NC(=O)C(=O)OCC. The van der Waals surface area contributed by atoms with E-state index in [1.54, 1.807) is 27.7 Å². The monoisotopic (exact) mass is 758 g/mol. The molecular weight excluding hydrogens is 704 g/mol. The number of ether oxygens (including phenoxy) is 4. The molecule has 0 spiro atoms. The molecule has 0 aliphatic rings. The summed E-state index contributed by atoms with van der Waals surface area (Å²) in [6.07, 6.45) is 1.51. The van der Waals surface area contributed by atoms with Gasteiger partial charge in [-0.05, 0) is 86.5 Å². The minimum absolute atomic E-state index is 0.0352. The van der Waals surface area contributed by atoms with Crippen molar-refractivity contribution in [2.75, 3.05) is 39.5 Å². The Kier molecular flexibility index (Phi) is 24.6. The number of amides is 6. The highest BCUT2D eigenvalue weighted by Crippen LogP contribution is 2.07. The van der Waals surface area contributed by atoms with E-state index in [-0.39, 0.29) is 58.8 Å². The molecule has 0 aromatic rings. The van der Waals surface area contributed by atoms with E-state index in [9.17, 15) is 47.9 Å². The third kappa shape index (κ3) is 21.0. The molecule has 20 heteroatoms. The number of hydrogen-bond acceptors (Lipinski definition) is 14. The molecule has 0 aliphatic heterocycles. The van der Waals surface area contributed by atoms with Gasteiger partial charge in [-0.1, -0.05) is 0 Å². The molecule has 0 bridgehead atoms. The molecule has 0 heterocycles. The summed E-state index contributed by atoms with van der Waals surface area (Å²) in [4.78, 5) is 121. The van der Waals surface area contributed by atoms with Crippen LogP contribution in [0.1, 0.15) is 86.5 Å². The first-order valence-corrected chi connectivity index (χ1v) is 17.6. The zero-order valence-electron chi connectivity index (χ0n) is 31.2. The van der Waals surface area contributed by atoms with E-state index in [0.717, 1.165) is 0 Å². The highest BCUT2D eigenvalue weighted by molar-refractivity contribution is 6.34. The molecule has 53 heavy (non-hydrogen) atoms. The average molecular weight is 759 g/mol. The van der Waals surface area contributed by atoms with Crippen molar-refractivity contribution in [3.05, 3.63) is 0 Å². The molecular formula is C33H54N6O14. The minimum Gasteiger partial charge on any atom is -0.459 e. The highest BCUT2D eigenvalue weighted by Gasteiger charge is 2.28. The zero-order valence-corrected chi connectivity index (χ0v) is 31.2. The standard InChI is InChI=1S/C33H54N6O14/c1-7-50-30(46)26(42)34-17-13-11-15-22(38-28(44)32(48)52-9-3)24(40)36-20(5)19-21(6)37-25(41)23(39-29(45)33(49)53-10-4)16-12-14-18-35-27(43)31(47)51-8-2/h20-23H,7-19H2,1-6H3,(H,34,42)(H,35,43)(H,36,40)(H,37,41)(H,38,44)(H,39,45)/t20?,21?,22-,23-/m0/s1. The van der Waals surface area contributed by atoms with Crippen LogP contribution < -0.4 is 31.9 Å². The summed E-state index contributed by atoms with van der Waals surface area (Å²) in [6, 6.07) is -3.52. The largest absolute Gasteiger partial charge is 0.459 e. The molecule has 0 aromatic carbocycles. The molecule has 6 amide bonds. The van der Waals surface area contributed by atoms with Crippen molar-refractivity contribution in [3.63, 3.8) is 0 Å². The number of unbranched alkanes of at least 4 members (excludes halogenated alkanes) is 2. The van der Waals surface area contributed by atoms with E-state index in [2.05, 4.69) is 41.4 Å². The molecule has 2 unspecified atom stereocenters. The number of hydrogen-bond donors (Lipinski definition) is 6. The predicted molar refractivity (Wildman–Crippen MR) is 184 cm³/mol. The molecule has 0 rings (SSSR count). The Labute approximate surface area is 308 Å². The van der Waals surface area contributed by atoms with Gasteiger partial charge in [-0.25, -0.2) is 19.2 Å². The highest BCUT2D eigenvalue weighted by atomic mass is 16.6. The van der Waals surface area contributed by atoms with Crippen LogP contribution >= 0.6 is 0 Å². The zero-order chi connectivity index (χ0) is 40.3. The molecule has 0 saturated carbocycles. The maximum absolute atomic E-state index is 13.2. The van der Waals surface area contributed by atoms with Gasteiger partial charge in [-0.3, -0.25) is 28.8 Å². The fourth-order valence-electron chi connectivity index (χ4n) is 4.59. The van der Waals surface area contributed by atoms with Gasteiger partial charge in [0.15, 0.2) is 0 Å². The van der Waals surface area contributed by atoms with Crippen molar-refractivity contribution in [1.82, 2.24) is 31.9 Å². The Morgan fingerprint density at radius 3 is 1.04 bits per heavy atom. The van der Waals surface area contributed by atoms with E-state index in [1.165, 1.54) is 13.8 Å². The van der Waals surface area contributed by atoms with Crippen molar-refractivity contribution in [1.29, 1.82) is 0 Å². The van der Waals surface area contributed by atoms with Crippen molar-refractivity contribution in [2.24, 2.45) is 0 Å². The number of rotatable bonds is 22. The van der Waals surface area contributed by atoms with Crippen LogP contribution in [0.3, 0.4) is 0 Å². The quantitative estimate of drug-likeness (QED) is 0.0307. The van der Waals surface area contributed by atoms with Crippen LogP contribution in [0.15, 0.2) is 0 Å². The summed E-state index contributed by atoms with van der Waals surface area (Å²) in [5.41, 5.74) is 0. The topological polar surface area (TPSA) is 280 Å². The van der Waals surface area contributed by atoms with Crippen molar-refractivity contribution >= 4 is 59.3 Å². The Hall–Kier alpha value is -5.30. The van der Waals surface area contributed by atoms with Gasteiger partial charge >= 0.3 is 47.5 Å². The van der Waals surface area contributed by atoms with Crippen LogP contribution in [0.2, 0.25) is 0 Å². The van der Waals surface area contributed by atoms with Gasteiger partial charge in [0, 0.05) is 25.2 Å². The lowest BCUT2D eigenvalue weighted by Crippen LogP contribution is -2.53. The van der Waals surface area contributed by atoms with Crippen molar-refractivity contribution < 1.29 is 66.9 Å². The Bertz CT molecular complexity index is 1180. The lowest BCUT2D eigenvalue weighted by Gasteiger charge is -2.25. The van der Waals surface area contributed by atoms with E-state index < -0.39 is 83.5 Å². The third-order valence-electron chi connectivity index (χ3n) is 6.98. The number of nitrogens with one attached hydrogen (secondary N) is 6. The second-order valence-electron chi connectivity index (χ2n) is 11.5. The first kappa shape index (κ1) is 47.7. The molecule has 0 radical (unpaired) electrons. The minimum atomic E-state index is -1.18. The molecule has 0 aliphatic carbocycles. The van der Waals surface area contributed by atoms with Crippen LogP contribution in [0.25, 0.3) is 0 Å². The van der Waals surface area contributed by atoms with Crippen LogP contribution in [0.4, 0.5) is 0 Å². The summed E-state index contributed by atoms with van der Waals surface area (Å²) >= 11 is 0. The molecule has 20 nitrogen and oxygen atoms in total. The summed E-state index contributed by atoms with van der Waals surface area (Å²) in [7, 11) is 0. The summed E-state index contributed by atoms with van der Waals surface area (Å²) in [5.74, 6) is -9.80. The van der Waals surface area contributed by atoms with E-state index >= 15 is 0 Å². The average Bonchev–Trinajstić information content (AvgIpc) is 3.09. The summed E-state index contributed by atoms with van der Waals surface area (Å²) in [5, 5.41) is 14.9. The lowest BCUT2D eigenvalue weighted by atomic mass is 10.0. The van der Waals surface area contributed by atoms with Crippen LogP contribution in [0.5, 0.6) is 0 Å². The van der Waals surface area contributed by atoms with E-state index in [1.807, 2.05) is 0 Å². The van der Waals surface area contributed by atoms with E-state index in [4.69, 9.17) is 9.47 Å². The maximum Gasteiger partial charge on any atom is 0.396 e. The van der Waals surface area contributed by atoms with Gasteiger partial charge in [0.05, 0.1) is 26.4 Å².